The van der Waals surface area contributed by atoms with Gasteiger partial charge >= 0.3 is 0 Å². The molecule has 0 aromatic heterocycles. The molecular formula is C9H19BrO. The molecule has 0 aromatic carbocycles. The molecule has 0 radical (unpaired) electrons. The van der Waals surface area contributed by atoms with Crippen LogP contribution in [0.15, 0.2) is 0 Å². The summed E-state index contributed by atoms with van der Waals surface area (Å²) in [4.78, 5) is 0. The Morgan fingerprint density at radius 2 is 1.82 bits per heavy atom. The predicted molar refractivity (Wildman–Crippen MR) is 53.1 cm³/mol. The number of unbranched alkanes of at least 4 members (excludes halogenated alkanes) is 4. The predicted octanol–water partition coefficient (Wildman–Crippen LogP) is 3.71. The smallest absolute Gasteiger partial charge is 0.112 e. The normalized spacial score (nSPS) is 13.4. The third-order valence-corrected chi connectivity index (χ3v) is 2.62. The van der Waals surface area contributed by atoms with E-state index in [9.17, 15) is 0 Å². The average Bonchev–Trinajstić information content (AvgIpc) is 2.04. The first-order valence-corrected chi connectivity index (χ1v) is 5.39. The quantitative estimate of drug-likeness (QED) is 0.472. The van der Waals surface area contributed by atoms with Crippen molar-refractivity contribution in [3.8, 4) is 0 Å². The van der Waals surface area contributed by atoms with E-state index in [-0.39, 0.29) is 5.01 Å². The molecule has 0 aliphatic carbocycles. The monoisotopic (exact) mass is 222 g/mol. The molecule has 0 rings (SSSR count). The topological polar surface area (TPSA) is 9.23 Å². The molecule has 1 unspecified atom stereocenters. The highest BCUT2D eigenvalue weighted by Gasteiger charge is 1.99. The minimum absolute atomic E-state index is 0.268. The van der Waals surface area contributed by atoms with E-state index in [4.69, 9.17) is 4.74 Å². The minimum Gasteiger partial charge on any atom is -0.370 e. The van der Waals surface area contributed by atoms with Crippen molar-refractivity contribution in [2.45, 2.75) is 50.5 Å². The summed E-state index contributed by atoms with van der Waals surface area (Å²) in [6.45, 7) is 2.24. The van der Waals surface area contributed by atoms with E-state index >= 15 is 0 Å². The molecule has 11 heavy (non-hydrogen) atoms. The maximum atomic E-state index is 5.07. The van der Waals surface area contributed by atoms with Crippen LogP contribution in [0.3, 0.4) is 0 Å². The lowest BCUT2D eigenvalue weighted by Crippen LogP contribution is -1.99. The number of hydrogen-bond donors (Lipinski definition) is 0. The van der Waals surface area contributed by atoms with E-state index in [1.165, 1.54) is 32.1 Å². The number of rotatable bonds is 7. The van der Waals surface area contributed by atoms with Gasteiger partial charge in [-0.1, -0.05) is 48.5 Å². The van der Waals surface area contributed by atoms with Gasteiger partial charge < -0.3 is 4.74 Å². The van der Waals surface area contributed by atoms with Crippen LogP contribution in [-0.2, 0) is 4.74 Å². The SMILES string of the molecule is CCCCCCCC(Br)OC. The van der Waals surface area contributed by atoms with Crippen LogP contribution in [0.25, 0.3) is 0 Å². The van der Waals surface area contributed by atoms with Crippen LogP contribution in [0.5, 0.6) is 0 Å². The Morgan fingerprint density at radius 1 is 1.18 bits per heavy atom. The van der Waals surface area contributed by atoms with Gasteiger partial charge in [0, 0.05) is 7.11 Å². The van der Waals surface area contributed by atoms with E-state index in [0.29, 0.717) is 0 Å². The van der Waals surface area contributed by atoms with Crippen LogP contribution in [0.2, 0.25) is 0 Å². The third kappa shape index (κ3) is 8.35. The van der Waals surface area contributed by atoms with Gasteiger partial charge in [-0.25, -0.2) is 0 Å². The van der Waals surface area contributed by atoms with E-state index in [1.807, 2.05) is 0 Å². The second kappa shape index (κ2) is 8.54. The Hall–Kier alpha value is 0.440. The van der Waals surface area contributed by atoms with Crippen molar-refractivity contribution in [1.82, 2.24) is 0 Å². The maximum Gasteiger partial charge on any atom is 0.112 e. The molecule has 0 spiro atoms. The summed E-state index contributed by atoms with van der Waals surface area (Å²) < 4.78 is 5.07. The summed E-state index contributed by atoms with van der Waals surface area (Å²) in [5.74, 6) is 0. The summed E-state index contributed by atoms with van der Waals surface area (Å²) in [6, 6.07) is 0. The van der Waals surface area contributed by atoms with Crippen LogP contribution >= 0.6 is 15.9 Å². The molecule has 0 aliphatic heterocycles. The fourth-order valence-electron chi connectivity index (χ4n) is 1.03. The van der Waals surface area contributed by atoms with Crippen molar-refractivity contribution in [2.75, 3.05) is 7.11 Å². The number of methoxy groups -OCH3 is 1. The second-order valence-electron chi connectivity index (χ2n) is 2.85. The van der Waals surface area contributed by atoms with Crippen molar-refractivity contribution < 1.29 is 4.74 Å². The molecule has 0 amide bonds. The molecule has 0 heterocycles. The number of halogens is 1. The van der Waals surface area contributed by atoms with Gasteiger partial charge in [0.1, 0.15) is 5.01 Å². The molecule has 0 bridgehead atoms. The third-order valence-electron chi connectivity index (χ3n) is 1.79. The van der Waals surface area contributed by atoms with Crippen molar-refractivity contribution in [2.24, 2.45) is 0 Å². The fourth-order valence-corrected chi connectivity index (χ4v) is 1.35. The second-order valence-corrected chi connectivity index (χ2v) is 3.87. The van der Waals surface area contributed by atoms with E-state index in [2.05, 4.69) is 22.9 Å². The molecule has 0 aromatic rings. The van der Waals surface area contributed by atoms with Crippen LogP contribution in [0.4, 0.5) is 0 Å². The zero-order chi connectivity index (χ0) is 8.53. The largest absolute Gasteiger partial charge is 0.370 e. The number of ether oxygens (including phenoxy) is 1. The van der Waals surface area contributed by atoms with E-state index in [0.717, 1.165) is 6.42 Å². The lowest BCUT2D eigenvalue weighted by atomic mass is 10.1. The number of alkyl halides is 1. The summed E-state index contributed by atoms with van der Waals surface area (Å²) in [5, 5.41) is 0.268. The van der Waals surface area contributed by atoms with Crippen molar-refractivity contribution in [3.63, 3.8) is 0 Å². The van der Waals surface area contributed by atoms with E-state index in [1.54, 1.807) is 7.11 Å². The lowest BCUT2D eigenvalue weighted by molar-refractivity contribution is 0.168. The summed E-state index contributed by atoms with van der Waals surface area (Å²) >= 11 is 3.42. The van der Waals surface area contributed by atoms with Crippen molar-refractivity contribution in [1.29, 1.82) is 0 Å². The maximum absolute atomic E-state index is 5.07. The number of hydrogen-bond acceptors (Lipinski definition) is 1. The molecule has 1 nitrogen and oxygen atoms in total. The first kappa shape index (κ1) is 11.4. The van der Waals surface area contributed by atoms with Gasteiger partial charge in [-0.05, 0) is 12.8 Å². The Labute approximate surface area is 78.6 Å². The van der Waals surface area contributed by atoms with Crippen molar-refractivity contribution in [3.05, 3.63) is 0 Å². The molecule has 1 atom stereocenters. The molecule has 0 saturated carbocycles. The standard InChI is InChI=1S/C9H19BrO/c1-3-4-5-6-7-8-9(10)11-2/h9H,3-8H2,1-2H3. The summed E-state index contributed by atoms with van der Waals surface area (Å²) in [7, 11) is 1.74. The highest BCUT2D eigenvalue weighted by atomic mass is 79.9. The molecular weight excluding hydrogens is 204 g/mol. The lowest BCUT2D eigenvalue weighted by Gasteiger charge is -2.06. The molecule has 0 aliphatic rings. The fraction of sp³-hybridized carbons (Fsp3) is 1.00. The molecule has 0 fully saturated rings. The van der Waals surface area contributed by atoms with E-state index < -0.39 is 0 Å². The van der Waals surface area contributed by atoms with Crippen LogP contribution in [-0.4, -0.2) is 12.1 Å². The van der Waals surface area contributed by atoms with Crippen LogP contribution in [0.1, 0.15) is 45.4 Å². The van der Waals surface area contributed by atoms with Gasteiger partial charge in [-0.3, -0.25) is 0 Å². The average molecular weight is 223 g/mol. The zero-order valence-electron chi connectivity index (χ0n) is 7.61. The molecule has 0 saturated heterocycles. The Bertz CT molecular complexity index is 76.0. The Balaban J connectivity index is 2.89. The first-order chi connectivity index (χ1) is 5.31. The molecule has 2 heteroatoms. The summed E-state index contributed by atoms with van der Waals surface area (Å²) in [6.07, 6.45) is 7.84. The molecule has 0 N–H and O–H groups in total. The van der Waals surface area contributed by atoms with Gasteiger partial charge in [0.15, 0.2) is 0 Å². The van der Waals surface area contributed by atoms with Gasteiger partial charge in [0.05, 0.1) is 0 Å². The first-order valence-electron chi connectivity index (χ1n) is 4.48. The van der Waals surface area contributed by atoms with Gasteiger partial charge in [0.25, 0.3) is 0 Å². The molecule has 68 valence electrons. The van der Waals surface area contributed by atoms with Gasteiger partial charge in [-0.15, -0.1) is 0 Å². The Kier molecular flexibility index (Phi) is 8.88. The highest BCUT2D eigenvalue weighted by molar-refractivity contribution is 9.09. The Morgan fingerprint density at radius 3 is 2.36 bits per heavy atom. The van der Waals surface area contributed by atoms with Gasteiger partial charge in [-0.2, -0.15) is 0 Å². The zero-order valence-corrected chi connectivity index (χ0v) is 9.19. The van der Waals surface area contributed by atoms with Crippen molar-refractivity contribution >= 4 is 15.9 Å². The minimum atomic E-state index is 0.268. The van der Waals surface area contributed by atoms with Gasteiger partial charge in [0.2, 0.25) is 0 Å². The van der Waals surface area contributed by atoms with Crippen LogP contribution in [0, 0.1) is 0 Å². The highest BCUT2D eigenvalue weighted by Crippen LogP contribution is 2.12. The van der Waals surface area contributed by atoms with Crippen LogP contribution < -0.4 is 0 Å². The summed E-state index contributed by atoms with van der Waals surface area (Å²) in [5.41, 5.74) is 0.